The molecule has 0 bridgehead atoms. The second kappa shape index (κ2) is 22.8. The second-order valence-electron chi connectivity index (χ2n) is 17.9. The van der Waals surface area contributed by atoms with E-state index in [1.54, 1.807) is 13.8 Å². The molecule has 0 radical (unpaired) electrons. The highest BCUT2D eigenvalue weighted by Crippen LogP contribution is 2.45. The number of ether oxygens (including phenoxy) is 1. The maximum Gasteiger partial charge on any atom is 0.296 e. The fourth-order valence-electron chi connectivity index (χ4n) is 8.14. The minimum absolute atomic E-state index is 0.0103. The predicted molar refractivity (Wildman–Crippen MR) is 298 cm³/mol. The molecule has 0 spiro atoms. The van der Waals surface area contributed by atoms with E-state index in [1.165, 1.54) is 38.1 Å². The molecule has 0 atom stereocenters. The van der Waals surface area contributed by atoms with Crippen molar-refractivity contribution in [2.45, 2.75) is 65.0 Å². The van der Waals surface area contributed by atoms with Crippen LogP contribution in [0.2, 0.25) is 0 Å². The summed E-state index contributed by atoms with van der Waals surface area (Å²) < 4.78 is 210. The Morgan fingerprint density at radius 2 is 1.18 bits per heavy atom. The van der Waals surface area contributed by atoms with Crippen molar-refractivity contribution >= 4 is 155 Å². The SMILES string of the molecule is Cc1cc(N=Nc2cc(OCCCS(=O)(=O)O)c(N=Nc3c(C)c(C#N)c4nc5c(C)cc(S(=O)(=O)O)cc5n4c3O)cc2C)c(SCCCS(=O)(=O)O)cc1N=Nc1nc2c(S(=O)(=O)O)cc3c(S(=O)(=O)O)cc(S(=O)(=O)O)cc3c2s1. The van der Waals surface area contributed by atoms with E-state index < -0.39 is 109 Å². The number of nitriles is 1. The van der Waals surface area contributed by atoms with Gasteiger partial charge in [0.2, 0.25) is 11.0 Å². The van der Waals surface area contributed by atoms with E-state index in [4.69, 9.17) is 4.74 Å². The lowest BCUT2D eigenvalue weighted by Crippen LogP contribution is -2.08. The average molecular weight is 1300 g/mol. The van der Waals surface area contributed by atoms with E-state index in [-0.39, 0.29) is 113 Å². The third-order valence-corrected chi connectivity index (χ3v) is 19.1. The number of nitrogens with zero attached hydrogens (tertiary/aromatic N) is 10. The quantitative estimate of drug-likeness (QED) is 0.0162. The molecule has 3 aromatic heterocycles. The van der Waals surface area contributed by atoms with Crippen molar-refractivity contribution in [3.05, 3.63) is 82.4 Å². The first-order valence-electron chi connectivity index (χ1n) is 23.0. The highest BCUT2D eigenvalue weighted by atomic mass is 32.2. The topological polar surface area (TPSA) is 484 Å². The van der Waals surface area contributed by atoms with Gasteiger partial charge < -0.3 is 9.84 Å². The Morgan fingerprint density at radius 1 is 0.602 bits per heavy atom. The smallest absolute Gasteiger partial charge is 0.296 e. The maximum atomic E-state index is 12.6. The monoisotopic (exact) mass is 1300 g/mol. The molecule has 3 heterocycles. The lowest BCUT2D eigenvalue weighted by molar-refractivity contribution is 0.317. The Labute approximate surface area is 478 Å². The standard InChI is InChI=1S/C45H40N10O20S8/c1-21-12-32(51-53-40-24(4)29(20-46)43-47-39-23(3)11-25(80(63,64)65)15-34(39)55(43)44(40)56)35(75-7-5-9-78(57,58)59)18-30(21)49-52-33-13-22(2)31(19-36(33)76-8-6-10-79(60,61)62)50-54-45-48-41-38(83(72,73)74)17-27-28(42(41)77-45)14-26(81(66,67)68)16-37(27)82(69,70)71/h11-19,56H,5-10H2,1-4H3,(H,57,58,59)(H,60,61,62)(H,63,64,65)(H,66,67,68)(H,69,70,71)(H,72,73,74). The third kappa shape index (κ3) is 13.8. The van der Waals surface area contributed by atoms with Gasteiger partial charge in [-0.15, -0.1) is 37.3 Å². The molecule has 8 rings (SSSR count). The van der Waals surface area contributed by atoms with Gasteiger partial charge in [0.1, 0.15) is 38.4 Å². The highest BCUT2D eigenvalue weighted by molar-refractivity contribution is 7.99. The van der Waals surface area contributed by atoms with E-state index in [2.05, 4.69) is 40.7 Å². The molecule has 0 aliphatic rings. The summed E-state index contributed by atoms with van der Waals surface area (Å²) in [7, 11) is -29.2. The van der Waals surface area contributed by atoms with E-state index in [0.717, 1.165) is 34.4 Å². The third-order valence-electron chi connectivity index (χ3n) is 12.0. The predicted octanol–water partition coefficient (Wildman–Crippen LogP) is 9.32. The maximum absolute atomic E-state index is 12.6. The van der Waals surface area contributed by atoms with Crippen LogP contribution in [-0.2, 0) is 60.7 Å². The van der Waals surface area contributed by atoms with Gasteiger partial charge in [0, 0.05) is 27.3 Å². The van der Waals surface area contributed by atoms with Crippen molar-refractivity contribution in [1.29, 1.82) is 5.26 Å². The molecule has 7 N–H and O–H groups in total. The molecular formula is C45H40N10O20S8. The summed E-state index contributed by atoms with van der Waals surface area (Å²) in [5.41, 5.74) is 0.567. The van der Waals surface area contributed by atoms with Crippen molar-refractivity contribution in [1.82, 2.24) is 14.4 Å². The number of fused-ring (bicyclic) bond motifs is 6. The molecule has 0 saturated carbocycles. The van der Waals surface area contributed by atoms with Gasteiger partial charge in [0.05, 0.1) is 60.7 Å². The Kier molecular flexibility index (Phi) is 17.0. The fourth-order valence-corrected chi connectivity index (χ4v) is 13.8. The van der Waals surface area contributed by atoms with Gasteiger partial charge in [-0.2, -0.15) is 60.9 Å². The van der Waals surface area contributed by atoms with E-state index >= 15 is 0 Å². The van der Waals surface area contributed by atoms with E-state index in [9.17, 15) is 88.2 Å². The largest absolute Gasteiger partial charge is 0.493 e. The molecule has 0 aliphatic heterocycles. The molecule has 438 valence electrons. The Balaban J connectivity index is 1.20. The average Bonchev–Trinajstić information content (AvgIpc) is 3.52. The van der Waals surface area contributed by atoms with Crippen LogP contribution in [0, 0.1) is 39.0 Å². The van der Waals surface area contributed by atoms with Crippen LogP contribution >= 0.6 is 23.1 Å². The molecule has 5 aromatic carbocycles. The summed E-state index contributed by atoms with van der Waals surface area (Å²) in [6.07, 6.45) is -0.289. The Morgan fingerprint density at radius 3 is 1.80 bits per heavy atom. The summed E-state index contributed by atoms with van der Waals surface area (Å²) in [5, 5.41) is 46.4. The first-order valence-corrected chi connectivity index (χ1v) is 33.8. The number of aromatic hydroxyl groups is 1. The molecule has 30 nitrogen and oxygen atoms in total. The zero-order valence-corrected chi connectivity index (χ0v) is 49.1. The number of azo groups is 3. The Bertz CT molecular complexity index is 4950. The molecule has 0 saturated heterocycles. The van der Waals surface area contributed by atoms with Crippen LogP contribution in [0.5, 0.6) is 11.6 Å². The van der Waals surface area contributed by atoms with Crippen molar-refractivity contribution in [2.75, 3.05) is 23.9 Å². The number of thioether (sulfide) groups is 1. The summed E-state index contributed by atoms with van der Waals surface area (Å²) in [4.78, 5) is 5.23. The van der Waals surface area contributed by atoms with E-state index in [0.29, 0.717) is 34.6 Å². The number of aryl methyl sites for hydroxylation is 3. The summed E-state index contributed by atoms with van der Waals surface area (Å²) in [6, 6.07) is 11.7. The van der Waals surface area contributed by atoms with Crippen LogP contribution in [0.25, 0.3) is 37.7 Å². The zero-order valence-electron chi connectivity index (χ0n) is 42.6. The Hall–Kier alpha value is -7.10. The summed E-state index contributed by atoms with van der Waals surface area (Å²) in [5.74, 6) is -1.99. The molecule has 0 unspecified atom stereocenters. The minimum atomic E-state index is -5.31. The van der Waals surface area contributed by atoms with Gasteiger partial charge in [-0.25, -0.2) is 9.97 Å². The molecule has 0 fully saturated rings. The summed E-state index contributed by atoms with van der Waals surface area (Å²) in [6.45, 7) is 5.76. The van der Waals surface area contributed by atoms with Crippen LogP contribution in [0.1, 0.15) is 40.7 Å². The van der Waals surface area contributed by atoms with Crippen LogP contribution < -0.4 is 4.74 Å². The van der Waals surface area contributed by atoms with Crippen LogP contribution in [0.3, 0.4) is 0 Å². The second-order valence-corrected chi connectivity index (χ2v) is 28.8. The first-order chi connectivity index (χ1) is 38.4. The normalized spacial score (nSPS) is 13.3. The molecule has 8 aromatic rings. The minimum Gasteiger partial charge on any atom is -0.493 e. The van der Waals surface area contributed by atoms with Gasteiger partial charge in [-0.1, -0.05) is 11.3 Å². The van der Waals surface area contributed by atoms with E-state index in [1.807, 2.05) is 6.07 Å². The van der Waals surface area contributed by atoms with Crippen molar-refractivity contribution in [3.8, 4) is 17.7 Å². The lowest BCUT2D eigenvalue weighted by atomic mass is 10.1. The van der Waals surface area contributed by atoms with Crippen molar-refractivity contribution in [2.24, 2.45) is 30.7 Å². The highest BCUT2D eigenvalue weighted by Gasteiger charge is 2.28. The number of hydrogen-bond acceptors (Lipinski definition) is 25. The molecule has 0 aliphatic carbocycles. The zero-order chi connectivity index (χ0) is 61.1. The number of imidazole rings is 1. The number of benzene rings is 5. The number of pyridine rings is 1. The van der Waals surface area contributed by atoms with Gasteiger partial charge in [-0.3, -0.25) is 31.7 Å². The van der Waals surface area contributed by atoms with Gasteiger partial charge in [0.15, 0.2) is 11.3 Å². The van der Waals surface area contributed by atoms with Gasteiger partial charge in [-0.05, 0) is 112 Å². The molecular weight excluding hydrogens is 1260 g/mol. The summed E-state index contributed by atoms with van der Waals surface area (Å²) >= 11 is 1.58. The number of aromatic nitrogens is 3. The van der Waals surface area contributed by atoms with Crippen molar-refractivity contribution in [3.63, 3.8) is 0 Å². The van der Waals surface area contributed by atoms with Crippen LogP contribution in [0.15, 0.2) is 110 Å². The van der Waals surface area contributed by atoms with Crippen LogP contribution in [0.4, 0.5) is 33.6 Å². The lowest BCUT2D eigenvalue weighted by Gasteiger charge is -2.12. The number of rotatable bonds is 20. The number of hydrogen-bond donors (Lipinski definition) is 7. The number of thiazole rings is 1. The first kappa shape index (κ1) is 62.0. The molecule has 83 heavy (non-hydrogen) atoms. The van der Waals surface area contributed by atoms with Crippen molar-refractivity contribution < 1.29 is 87.7 Å². The van der Waals surface area contributed by atoms with Gasteiger partial charge in [0.25, 0.3) is 60.7 Å². The van der Waals surface area contributed by atoms with Crippen LogP contribution in [-0.4, -0.2) is 121 Å². The van der Waals surface area contributed by atoms with Gasteiger partial charge >= 0.3 is 0 Å². The molecule has 38 heteroatoms. The molecule has 0 amide bonds. The fraction of sp³-hybridized carbons (Fsp3) is 0.222.